The predicted octanol–water partition coefficient (Wildman–Crippen LogP) is 2.30. The maximum absolute atomic E-state index is 12.7. The molecule has 0 atom stereocenters. The normalized spacial score (nSPS) is 14.7. The molecule has 3 aromatic rings. The van der Waals surface area contributed by atoms with Crippen molar-refractivity contribution in [3.63, 3.8) is 0 Å². The van der Waals surface area contributed by atoms with Crippen LogP contribution in [0.4, 0.5) is 0 Å². The molecule has 1 N–H and O–H groups in total. The minimum Gasteiger partial charge on any atom is -0.361 e. The van der Waals surface area contributed by atoms with E-state index >= 15 is 0 Å². The molecule has 7 nitrogen and oxygen atoms in total. The molecule has 4 rings (SSSR count). The maximum Gasteiger partial charge on any atom is 0.259 e. The number of amides is 2. The van der Waals surface area contributed by atoms with Crippen molar-refractivity contribution in [2.75, 3.05) is 26.2 Å². The van der Waals surface area contributed by atoms with Crippen molar-refractivity contribution < 1.29 is 14.1 Å². The molecule has 0 saturated carbocycles. The third-order valence-corrected chi connectivity index (χ3v) is 5.18. The molecule has 1 aromatic carbocycles. The predicted molar refractivity (Wildman–Crippen MR) is 100 cm³/mol. The van der Waals surface area contributed by atoms with Crippen LogP contribution in [-0.4, -0.2) is 57.9 Å². The Hall–Kier alpha value is -3.09. The van der Waals surface area contributed by atoms with Crippen LogP contribution < -0.4 is 0 Å². The molecule has 27 heavy (non-hydrogen) atoms. The van der Waals surface area contributed by atoms with Gasteiger partial charge < -0.3 is 19.3 Å². The van der Waals surface area contributed by atoms with Gasteiger partial charge in [-0.05, 0) is 25.5 Å². The van der Waals surface area contributed by atoms with Crippen molar-refractivity contribution in [2.24, 2.45) is 0 Å². The highest BCUT2D eigenvalue weighted by Crippen LogP contribution is 2.20. The molecule has 2 amide bonds. The number of aromatic amines is 1. The average Bonchev–Trinajstić information content (AvgIpc) is 3.24. The summed E-state index contributed by atoms with van der Waals surface area (Å²) in [6.07, 6.45) is 2.27. The molecule has 1 fully saturated rings. The van der Waals surface area contributed by atoms with Gasteiger partial charge in [0.25, 0.3) is 5.91 Å². The van der Waals surface area contributed by atoms with Gasteiger partial charge in [0.05, 0.1) is 12.1 Å². The summed E-state index contributed by atoms with van der Waals surface area (Å²) in [5.41, 5.74) is 3.18. The lowest BCUT2D eigenvalue weighted by molar-refractivity contribution is -0.131. The Morgan fingerprint density at radius 1 is 1.11 bits per heavy atom. The van der Waals surface area contributed by atoms with E-state index in [4.69, 9.17) is 4.52 Å². The Labute approximate surface area is 156 Å². The zero-order valence-electron chi connectivity index (χ0n) is 15.5. The minimum absolute atomic E-state index is 0.0741. The lowest BCUT2D eigenvalue weighted by Crippen LogP contribution is -2.51. The lowest BCUT2D eigenvalue weighted by atomic mass is 10.1. The van der Waals surface area contributed by atoms with E-state index in [0.717, 1.165) is 16.5 Å². The summed E-state index contributed by atoms with van der Waals surface area (Å²) in [5, 5.41) is 4.93. The van der Waals surface area contributed by atoms with Gasteiger partial charge in [0.15, 0.2) is 0 Å². The van der Waals surface area contributed by atoms with Crippen molar-refractivity contribution in [2.45, 2.75) is 20.3 Å². The van der Waals surface area contributed by atoms with Gasteiger partial charge in [0.2, 0.25) is 5.91 Å². The summed E-state index contributed by atoms with van der Waals surface area (Å²) in [6.45, 7) is 5.62. The van der Waals surface area contributed by atoms with Crippen molar-refractivity contribution in [1.82, 2.24) is 19.9 Å². The Bertz CT molecular complexity index is 976. The van der Waals surface area contributed by atoms with E-state index in [0.29, 0.717) is 49.6 Å². The molecule has 3 heterocycles. The van der Waals surface area contributed by atoms with Crippen LogP contribution in [0.2, 0.25) is 0 Å². The number of aromatic nitrogens is 2. The highest BCUT2D eigenvalue weighted by molar-refractivity contribution is 5.96. The number of hydrogen-bond donors (Lipinski definition) is 1. The maximum atomic E-state index is 12.7. The van der Waals surface area contributed by atoms with Gasteiger partial charge in [-0.2, -0.15) is 0 Å². The number of hydrogen-bond acceptors (Lipinski definition) is 4. The van der Waals surface area contributed by atoms with Gasteiger partial charge in [-0.3, -0.25) is 9.59 Å². The van der Waals surface area contributed by atoms with Crippen molar-refractivity contribution >= 4 is 22.7 Å². The molecular weight excluding hydrogens is 344 g/mol. The number of aryl methyl sites for hydroxylation is 2. The molecule has 0 bridgehead atoms. The van der Waals surface area contributed by atoms with Crippen molar-refractivity contribution in [3.8, 4) is 0 Å². The SMILES string of the molecule is Cc1noc(C)c1C(=O)N1CCN(C(=O)Cc2c[nH]c3ccccc23)CC1. The zero-order chi connectivity index (χ0) is 19.0. The van der Waals surface area contributed by atoms with E-state index in [1.54, 1.807) is 18.7 Å². The first-order chi connectivity index (χ1) is 13.0. The molecule has 1 saturated heterocycles. The second kappa shape index (κ2) is 6.90. The van der Waals surface area contributed by atoms with Crippen LogP contribution in [0.25, 0.3) is 10.9 Å². The molecule has 1 aliphatic heterocycles. The van der Waals surface area contributed by atoms with Gasteiger partial charge in [0.1, 0.15) is 11.3 Å². The number of benzene rings is 1. The number of nitrogens with one attached hydrogen (secondary N) is 1. The number of carbonyl (C=O) groups is 2. The van der Waals surface area contributed by atoms with E-state index in [1.807, 2.05) is 35.4 Å². The number of fused-ring (bicyclic) bond motifs is 1. The highest BCUT2D eigenvalue weighted by atomic mass is 16.5. The summed E-state index contributed by atoms with van der Waals surface area (Å²) >= 11 is 0. The second-order valence-electron chi connectivity index (χ2n) is 6.91. The molecule has 0 radical (unpaired) electrons. The fourth-order valence-corrected chi connectivity index (χ4v) is 3.66. The van der Waals surface area contributed by atoms with Crippen LogP contribution in [0.5, 0.6) is 0 Å². The van der Waals surface area contributed by atoms with E-state index in [1.165, 1.54) is 0 Å². The summed E-state index contributed by atoms with van der Waals surface area (Å²) in [6, 6.07) is 7.97. The fourth-order valence-electron chi connectivity index (χ4n) is 3.66. The highest BCUT2D eigenvalue weighted by Gasteiger charge is 2.28. The summed E-state index contributed by atoms with van der Waals surface area (Å²) < 4.78 is 5.10. The largest absolute Gasteiger partial charge is 0.361 e. The number of para-hydroxylation sites is 1. The number of carbonyl (C=O) groups excluding carboxylic acids is 2. The minimum atomic E-state index is -0.0741. The smallest absolute Gasteiger partial charge is 0.259 e. The lowest BCUT2D eigenvalue weighted by Gasteiger charge is -2.34. The average molecular weight is 366 g/mol. The van der Waals surface area contributed by atoms with E-state index in [-0.39, 0.29) is 11.8 Å². The van der Waals surface area contributed by atoms with Gasteiger partial charge >= 0.3 is 0 Å². The van der Waals surface area contributed by atoms with Crippen LogP contribution in [0.15, 0.2) is 35.0 Å². The van der Waals surface area contributed by atoms with Crippen LogP contribution in [0.1, 0.15) is 27.4 Å². The molecular formula is C20H22N4O3. The first-order valence-corrected chi connectivity index (χ1v) is 9.09. The number of rotatable bonds is 3. The second-order valence-corrected chi connectivity index (χ2v) is 6.91. The number of nitrogens with zero attached hydrogens (tertiary/aromatic N) is 3. The first-order valence-electron chi connectivity index (χ1n) is 9.09. The molecule has 0 spiro atoms. The summed E-state index contributed by atoms with van der Waals surface area (Å²) in [5.74, 6) is 0.550. The number of piperazine rings is 1. The monoisotopic (exact) mass is 366 g/mol. The van der Waals surface area contributed by atoms with Crippen LogP contribution >= 0.6 is 0 Å². The number of H-pyrrole nitrogens is 1. The summed E-state index contributed by atoms with van der Waals surface area (Å²) in [4.78, 5) is 32.2. The van der Waals surface area contributed by atoms with E-state index in [2.05, 4.69) is 10.1 Å². The van der Waals surface area contributed by atoms with Crippen molar-refractivity contribution in [3.05, 3.63) is 53.0 Å². The third kappa shape index (κ3) is 3.20. The Morgan fingerprint density at radius 2 is 1.81 bits per heavy atom. The van der Waals surface area contributed by atoms with E-state index in [9.17, 15) is 9.59 Å². The topological polar surface area (TPSA) is 82.4 Å². The van der Waals surface area contributed by atoms with Gasteiger partial charge in [-0.1, -0.05) is 23.4 Å². The molecule has 1 aliphatic rings. The zero-order valence-corrected chi connectivity index (χ0v) is 15.5. The molecule has 0 aliphatic carbocycles. The first kappa shape index (κ1) is 17.3. The molecule has 7 heteroatoms. The fraction of sp³-hybridized carbons (Fsp3) is 0.350. The van der Waals surface area contributed by atoms with E-state index < -0.39 is 0 Å². The van der Waals surface area contributed by atoms with Crippen LogP contribution in [-0.2, 0) is 11.2 Å². The van der Waals surface area contributed by atoms with Crippen molar-refractivity contribution in [1.29, 1.82) is 0 Å². The molecule has 0 unspecified atom stereocenters. The standard InChI is InChI=1S/C20H22N4O3/c1-13-19(14(2)27-22-13)20(26)24-9-7-23(8-10-24)18(25)11-15-12-21-17-6-4-3-5-16(15)17/h3-6,12,21H,7-11H2,1-2H3. The summed E-state index contributed by atoms with van der Waals surface area (Å²) in [7, 11) is 0. The Kier molecular flexibility index (Phi) is 4.43. The van der Waals surface area contributed by atoms with Gasteiger partial charge in [-0.25, -0.2) is 0 Å². The Morgan fingerprint density at radius 3 is 2.52 bits per heavy atom. The van der Waals surface area contributed by atoms with Crippen LogP contribution in [0.3, 0.4) is 0 Å². The van der Waals surface area contributed by atoms with Gasteiger partial charge in [0, 0.05) is 43.3 Å². The third-order valence-electron chi connectivity index (χ3n) is 5.18. The van der Waals surface area contributed by atoms with Gasteiger partial charge in [-0.15, -0.1) is 0 Å². The molecule has 140 valence electrons. The Balaban J connectivity index is 1.39. The van der Waals surface area contributed by atoms with Crippen LogP contribution in [0, 0.1) is 13.8 Å². The molecule has 2 aromatic heterocycles. The quantitative estimate of drug-likeness (QED) is 0.771.